The van der Waals surface area contributed by atoms with Crippen molar-refractivity contribution in [3.05, 3.63) is 65.7 Å². The maximum Gasteiger partial charge on any atom is 0.377 e. The minimum absolute atomic E-state index is 0.135. The topological polar surface area (TPSA) is 77.0 Å². The predicted octanol–water partition coefficient (Wildman–Crippen LogP) is 3.11. The van der Waals surface area contributed by atoms with Crippen molar-refractivity contribution in [1.29, 1.82) is 0 Å². The number of pyridine rings is 1. The van der Waals surface area contributed by atoms with Gasteiger partial charge in [-0.25, -0.2) is 9.78 Å². The molecular weight excluding hydrogens is 316 g/mol. The number of rotatable bonds is 4. The first-order valence-corrected chi connectivity index (χ1v) is 7.84. The molecule has 2 aromatic heterocycles. The number of hydroxylamine groups is 1. The van der Waals surface area contributed by atoms with Crippen LogP contribution >= 0.6 is 0 Å². The number of hydrogen-bond acceptors (Lipinski definition) is 6. The van der Waals surface area contributed by atoms with E-state index in [1.165, 1.54) is 13.2 Å². The molecule has 3 rings (SSSR count). The highest BCUT2D eigenvalue weighted by Gasteiger charge is 2.17. The van der Waals surface area contributed by atoms with E-state index < -0.39 is 5.97 Å². The van der Waals surface area contributed by atoms with Crippen LogP contribution in [0.2, 0.25) is 0 Å². The molecule has 25 heavy (non-hydrogen) atoms. The summed E-state index contributed by atoms with van der Waals surface area (Å²) >= 11 is 0. The molecule has 0 aliphatic rings. The highest BCUT2D eigenvalue weighted by atomic mass is 16.7. The molecule has 0 fully saturated rings. The Morgan fingerprint density at radius 1 is 0.960 bits per heavy atom. The number of carbonyl (C=O) groups excluding carboxylic acids is 1. The maximum absolute atomic E-state index is 12.0. The number of aryl methyl sites for hydroxylation is 2. The molecule has 0 unspecified atom stereocenters. The SMILES string of the molecule is CNOC(=O)c1cnc(-c2ccccc2)c(-c2cc(C)nc(C)c2)n1. The average Bonchev–Trinajstić information content (AvgIpc) is 2.61. The molecule has 0 atom stereocenters. The van der Waals surface area contributed by atoms with Crippen molar-refractivity contribution in [2.45, 2.75) is 13.8 Å². The van der Waals surface area contributed by atoms with Gasteiger partial charge in [0.05, 0.1) is 17.6 Å². The van der Waals surface area contributed by atoms with Gasteiger partial charge in [-0.2, -0.15) is 5.48 Å². The third-order valence-corrected chi connectivity index (χ3v) is 3.58. The molecule has 0 aliphatic carbocycles. The molecule has 1 aromatic carbocycles. The van der Waals surface area contributed by atoms with Gasteiger partial charge in [-0.15, -0.1) is 0 Å². The van der Waals surface area contributed by atoms with Gasteiger partial charge in [-0.3, -0.25) is 9.97 Å². The largest absolute Gasteiger partial charge is 0.377 e. The Morgan fingerprint density at radius 3 is 2.28 bits per heavy atom. The zero-order valence-corrected chi connectivity index (χ0v) is 14.3. The van der Waals surface area contributed by atoms with E-state index in [1.54, 1.807) is 0 Å². The standard InChI is InChI=1S/C19H18N4O2/c1-12-9-15(10-13(2)22-12)18-17(14-7-5-4-6-8-14)21-11-16(23-18)19(24)25-20-3/h4-11,20H,1-3H3. The van der Waals surface area contributed by atoms with Gasteiger partial charge in [0.1, 0.15) is 0 Å². The van der Waals surface area contributed by atoms with Crippen molar-refractivity contribution in [2.24, 2.45) is 0 Å². The lowest BCUT2D eigenvalue weighted by atomic mass is 10.0. The average molecular weight is 334 g/mol. The van der Waals surface area contributed by atoms with Gasteiger partial charge < -0.3 is 4.84 Å². The molecule has 6 nitrogen and oxygen atoms in total. The second kappa shape index (κ2) is 7.19. The number of hydrogen-bond donors (Lipinski definition) is 1. The smallest absolute Gasteiger partial charge is 0.366 e. The molecule has 3 aromatic rings. The van der Waals surface area contributed by atoms with Crippen LogP contribution in [-0.4, -0.2) is 28.0 Å². The molecule has 0 amide bonds. The van der Waals surface area contributed by atoms with Gasteiger partial charge in [0, 0.05) is 29.6 Å². The molecule has 6 heteroatoms. The number of aromatic nitrogens is 3. The fourth-order valence-electron chi connectivity index (χ4n) is 2.61. The third kappa shape index (κ3) is 3.70. The van der Waals surface area contributed by atoms with Crippen molar-refractivity contribution >= 4 is 5.97 Å². The lowest BCUT2D eigenvalue weighted by Crippen LogP contribution is -2.17. The van der Waals surface area contributed by atoms with Crippen LogP contribution in [0.15, 0.2) is 48.7 Å². The van der Waals surface area contributed by atoms with Crippen LogP contribution in [-0.2, 0) is 4.84 Å². The third-order valence-electron chi connectivity index (χ3n) is 3.58. The van der Waals surface area contributed by atoms with Gasteiger partial charge >= 0.3 is 5.97 Å². The predicted molar refractivity (Wildman–Crippen MR) is 94.6 cm³/mol. The minimum Gasteiger partial charge on any atom is -0.366 e. The zero-order chi connectivity index (χ0) is 17.8. The summed E-state index contributed by atoms with van der Waals surface area (Å²) in [5.41, 5.74) is 7.34. The van der Waals surface area contributed by atoms with E-state index in [0.717, 1.165) is 22.5 Å². The quantitative estimate of drug-likeness (QED) is 0.739. The molecule has 0 bridgehead atoms. The summed E-state index contributed by atoms with van der Waals surface area (Å²) in [5, 5.41) is 0. The summed E-state index contributed by atoms with van der Waals surface area (Å²) in [5.74, 6) is -0.585. The van der Waals surface area contributed by atoms with Crippen molar-refractivity contribution in [3.8, 4) is 22.5 Å². The lowest BCUT2D eigenvalue weighted by Gasteiger charge is -2.11. The number of carbonyl (C=O) groups is 1. The highest BCUT2D eigenvalue weighted by molar-refractivity contribution is 5.89. The Balaban J connectivity index is 2.20. The molecule has 0 saturated heterocycles. The Bertz CT molecular complexity index is 890. The van der Waals surface area contributed by atoms with Crippen LogP contribution in [0.4, 0.5) is 0 Å². The number of nitrogens with zero attached hydrogens (tertiary/aromatic N) is 3. The van der Waals surface area contributed by atoms with Gasteiger partial charge in [-0.1, -0.05) is 30.3 Å². The van der Waals surface area contributed by atoms with Crippen LogP contribution in [0.1, 0.15) is 21.9 Å². The lowest BCUT2D eigenvalue weighted by molar-refractivity contribution is 0.0302. The fourth-order valence-corrected chi connectivity index (χ4v) is 2.61. The zero-order valence-electron chi connectivity index (χ0n) is 14.3. The van der Waals surface area contributed by atoms with Crippen molar-refractivity contribution in [3.63, 3.8) is 0 Å². The highest BCUT2D eigenvalue weighted by Crippen LogP contribution is 2.29. The number of nitrogens with one attached hydrogen (secondary N) is 1. The fraction of sp³-hybridized carbons (Fsp3) is 0.158. The second-order valence-electron chi connectivity index (χ2n) is 5.55. The summed E-state index contributed by atoms with van der Waals surface area (Å²) in [6, 6.07) is 13.6. The van der Waals surface area contributed by atoms with Gasteiger partial charge in [0.2, 0.25) is 0 Å². The van der Waals surface area contributed by atoms with Crippen molar-refractivity contribution in [1.82, 2.24) is 20.4 Å². The van der Waals surface area contributed by atoms with Crippen LogP contribution in [0, 0.1) is 13.8 Å². The van der Waals surface area contributed by atoms with E-state index in [9.17, 15) is 4.79 Å². The molecule has 2 heterocycles. The van der Waals surface area contributed by atoms with Crippen LogP contribution in [0.3, 0.4) is 0 Å². The van der Waals surface area contributed by atoms with E-state index in [0.29, 0.717) is 11.4 Å². The second-order valence-corrected chi connectivity index (χ2v) is 5.55. The Morgan fingerprint density at radius 2 is 1.64 bits per heavy atom. The summed E-state index contributed by atoms with van der Waals surface area (Å²) in [7, 11) is 1.51. The summed E-state index contributed by atoms with van der Waals surface area (Å²) in [4.78, 5) is 30.2. The maximum atomic E-state index is 12.0. The summed E-state index contributed by atoms with van der Waals surface area (Å²) in [6.07, 6.45) is 1.42. The molecule has 0 spiro atoms. The van der Waals surface area contributed by atoms with E-state index in [-0.39, 0.29) is 5.69 Å². The molecule has 0 radical (unpaired) electrons. The Kier molecular flexibility index (Phi) is 4.81. The molecule has 0 aliphatic heterocycles. The van der Waals surface area contributed by atoms with Crippen molar-refractivity contribution in [2.75, 3.05) is 7.05 Å². The molecular formula is C19H18N4O2. The van der Waals surface area contributed by atoms with Crippen LogP contribution in [0.25, 0.3) is 22.5 Å². The van der Waals surface area contributed by atoms with Gasteiger partial charge in [-0.05, 0) is 26.0 Å². The van der Waals surface area contributed by atoms with Gasteiger partial charge in [0.25, 0.3) is 0 Å². The Labute approximate surface area is 145 Å². The first-order chi connectivity index (χ1) is 12.1. The monoisotopic (exact) mass is 334 g/mol. The summed E-state index contributed by atoms with van der Waals surface area (Å²) < 4.78 is 0. The summed E-state index contributed by atoms with van der Waals surface area (Å²) in [6.45, 7) is 3.84. The normalized spacial score (nSPS) is 10.5. The van der Waals surface area contributed by atoms with Crippen molar-refractivity contribution < 1.29 is 9.63 Å². The van der Waals surface area contributed by atoms with E-state index >= 15 is 0 Å². The van der Waals surface area contributed by atoms with Crippen LogP contribution in [0.5, 0.6) is 0 Å². The van der Waals surface area contributed by atoms with E-state index in [1.807, 2.05) is 56.3 Å². The van der Waals surface area contributed by atoms with E-state index in [4.69, 9.17) is 4.84 Å². The van der Waals surface area contributed by atoms with E-state index in [2.05, 4.69) is 20.4 Å². The molecule has 1 N–H and O–H groups in total. The molecule has 126 valence electrons. The number of benzene rings is 1. The minimum atomic E-state index is -0.585. The Hall–Kier alpha value is -3.12. The first kappa shape index (κ1) is 16.7. The van der Waals surface area contributed by atoms with Gasteiger partial charge in [0.15, 0.2) is 5.69 Å². The first-order valence-electron chi connectivity index (χ1n) is 7.84. The van der Waals surface area contributed by atoms with Crippen LogP contribution < -0.4 is 5.48 Å². The molecule has 0 saturated carbocycles.